The molecule has 1 aromatic heterocycles. The lowest BCUT2D eigenvalue weighted by Crippen LogP contribution is -2.23. The van der Waals surface area contributed by atoms with Gasteiger partial charge in [-0.2, -0.15) is 0 Å². The van der Waals surface area contributed by atoms with Crippen molar-refractivity contribution in [1.29, 1.82) is 0 Å². The van der Waals surface area contributed by atoms with E-state index in [1.165, 1.54) is 13.3 Å². The molecule has 8 heteroatoms. The summed E-state index contributed by atoms with van der Waals surface area (Å²) in [6.45, 7) is 3.56. The average molecular weight is 375 g/mol. The van der Waals surface area contributed by atoms with E-state index in [1.54, 1.807) is 18.2 Å². The topological polar surface area (TPSA) is 84.4 Å². The van der Waals surface area contributed by atoms with Crippen molar-refractivity contribution in [3.8, 4) is 0 Å². The molecule has 2 heterocycles. The molecule has 1 aliphatic rings. The minimum absolute atomic E-state index is 0.103. The zero-order valence-corrected chi connectivity index (χ0v) is 15.3. The number of amides is 1. The summed E-state index contributed by atoms with van der Waals surface area (Å²) >= 11 is 6.13. The van der Waals surface area contributed by atoms with E-state index in [9.17, 15) is 9.59 Å². The van der Waals surface area contributed by atoms with Gasteiger partial charge in [-0.3, -0.25) is 4.79 Å². The molecule has 1 N–H and O–H groups in total. The molecule has 1 fully saturated rings. The van der Waals surface area contributed by atoms with Crippen molar-refractivity contribution in [1.82, 2.24) is 9.97 Å². The minimum Gasteiger partial charge on any atom is -0.465 e. The number of aromatic nitrogens is 2. The van der Waals surface area contributed by atoms with E-state index in [4.69, 9.17) is 16.3 Å². The van der Waals surface area contributed by atoms with Crippen LogP contribution in [-0.2, 0) is 4.74 Å². The summed E-state index contributed by atoms with van der Waals surface area (Å²) in [5.41, 5.74) is 1.75. The molecule has 0 unspecified atom stereocenters. The van der Waals surface area contributed by atoms with E-state index in [1.807, 2.05) is 11.8 Å². The molecule has 0 saturated carbocycles. The average Bonchev–Trinajstić information content (AvgIpc) is 3.18. The fourth-order valence-corrected chi connectivity index (χ4v) is 2.95. The summed E-state index contributed by atoms with van der Waals surface area (Å²) in [7, 11) is 1.31. The molecule has 2 aromatic rings. The monoisotopic (exact) mass is 374 g/mol. The van der Waals surface area contributed by atoms with Crippen LogP contribution in [0.4, 0.5) is 11.6 Å². The number of carbonyl (C=O) groups excluding carboxylic acids is 2. The van der Waals surface area contributed by atoms with E-state index >= 15 is 0 Å². The third-order valence-corrected chi connectivity index (χ3v) is 4.52. The van der Waals surface area contributed by atoms with Crippen LogP contribution in [0.2, 0.25) is 5.02 Å². The van der Waals surface area contributed by atoms with Gasteiger partial charge in [0.25, 0.3) is 5.91 Å². The maximum Gasteiger partial charge on any atom is 0.337 e. The Balaban J connectivity index is 1.86. The second kappa shape index (κ2) is 7.70. The lowest BCUT2D eigenvalue weighted by Gasteiger charge is -2.16. The van der Waals surface area contributed by atoms with Crippen molar-refractivity contribution in [2.24, 2.45) is 0 Å². The Morgan fingerprint density at radius 3 is 2.69 bits per heavy atom. The number of aryl methyl sites for hydroxylation is 1. The maximum absolute atomic E-state index is 12.7. The van der Waals surface area contributed by atoms with Gasteiger partial charge in [-0.25, -0.2) is 14.8 Å². The molecule has 1 amide bonds. The number of anilines is 2. The van der Waals surface area contributed by atoms with Crippen molar-refractivity contribution in [3.63, 3.8) is 0 Å². The van der Waals surface area contributed by atoms with Gasteiger partial charge in [-0.15, -0.1) is 0 Å². The summed E-state index contributed by atoms with van der Waals surface area (Å²) in [5.74, 6) is -0.433. The quantitative estimate of drug-likeness (QED) is 0.828. The molecular weight excluding hydrogens is 356 g/mol. The molecule has 0 spiro atoms. The van der Waals surface area contributed by atoms with Gasteiger partial charge in [0.15, 0.2) is 5.69 Å². The number of nitrogens with one attached hydrogen (secondary N) is 1. The van der Waals surface area contributed by atoms with Crippen LogP contribution in [0.3, 0.4) is 0 Å². The fraction of sp³-hybridized carbons (Fsp3) is 0.333. The van der Waals surface area contributed by atoms with Gasteiger partial charge in [0.2, 0.25) is 5.95 Å². The number of carbonyl (C=O) groups is 2. The highest BCUT2D eigenvalue weighted by atomic mass is 35.5. The van der Waals surface area contributed by atoms with Crippen molar-refractivity contribution < 1.29 is 14.3 Å². The summed E-state index contributed by atoms with van der Waals surface area (Å²) in [4.78, 5) is 35.0. The Morgan fingerprint density at radius 1 is 1.27 bits per heavy atom. The highest BCUT2D eigenvalue weighted by Gasteiger charge is 2.20. The third-order valence-electron chi connectivity index (χ3n) is 4.24. The van der Waals surface area contributed by atoms with E-state index < -0.39 is 11.9 Å². The highest BCUT2D eigenvalue weighted by Crippen LogP contribution is 2.22. The molecular formula is C18H19ClN4O3. The van der Waals surface area contributed by atoms with E-state index in [0.717, 1.165) is 31.5 Å². The molecule has 1 aliphatic heterocycles. The summed E-state index contributed by atoms with van der Waals surface area (Å²) in [5, 5.41) is 2.94. The smallest absolute Gasteiger partial charge is 0.337 e. The number of hydrogen-bond acceptors (Lipinski definition) is 6. The number of methoxy groups -OCH3 is 1. The van der Waals surface area contributed by atoms with Crippen LogP contribution in [0.5, 0.6) is 0 Å². The zero-order chi connectivity index (χ0) is 18.7. The van der Waals surface area contributed by atoms with Gasteiger partial charge < -0.3 is 15.0 Å². The van der Waals surface area contributed by atoms with Crippen LogP contribution in [0.1, 0.15) is 39.3 Å². The van der Waals surface area contributed by atoms with E-state index in [2.05, 4.69) is 15.3 Å². The molecule has 0 bridgehead atoms. The number of esters is 1. The van der Waals surface area contributed by atoms with Crippen LogP contribution in [0.25, 0.3) is 0 Å². The zero-order valence-electron chi connectivity index (χ0n) is 14.6. The van der Waals surface area contributed by atoms with Crippen molar-refractivity contribution in [2.75, 3.05) is 30.4 Å². The van der Waals surface area contributed by atoms with Gasteiger partial charge in [0.05, 0.1) is 23.9 Å². The Labute approximate surface area is 156 Å². The molecule has 1 aromatic carbocycles. The normalized spacial score (nSPS) is 13.6. The molecule has 0 radical (unpaired) electrons. The van der Waals surface area contributed by atoms with Crippen LogP contribution >= 0.6 is 11.6 Å². The molecule has 7 nitrogen and oxygen atoms in total. The molecule has 3 rings (SSSR count). The number of hydrogen-bond donors (Lipinski definition) is 1. The SMILES string of the molecule is COC(=O)c1ccc(C)c(NC(=O)c2nc(N3CCCC3)ncc2Cl)c1. The molecule has 0 atom stereocenters. The minimum atomic E-state index is -0.475. The number of halogens is 1. The second-order valence-corrected chi connectivity index (χ2v) is 6.44. The molecule has 136 valence electrons. The summed E-state index contributed by atoms with van der Waals surface area (Å²) < 4.78 is 4.71. The first-order valence-electron chi connectivity index (χ1n) is 8.27. The van der Waals surface area contributed by atoms with Crippen LogP contribution in [0, 0.1) is 6.92 Å². The fourth-order valence-electron chi connectivity index (χ4n) is 2.77. The summed E-state index contributed by atoms with van der Waals surface area (Å²) in [6, 6.07) is 4.94. The lowest BCUT2D eigenvalue weighted by atomic mass is 10.1. The van der Waals surface area contributed by atoms with Crippen LogP contribution in [0.15, 0.2) is 24.4 Å². The van der Waals surface area contributed by atoms with Gasteiger partial charge >= 0.3 is 5.97 Å². The number of rotatable bonds is 4. The van der Waals surface area contributed by atoms with Crippen LogP contribution < -0.4 is 10.2 Å². The molecule has 26 heavy (non-hydrogen) atoms. The Kier molecular flexibility index (Phi) is 5.37. The van der Waals surface area contributed by atoms with Crippen molar-refractivity contribution in [2.45, 2.75) is 19.8 Å². The standard InChI is InChI=1S/C18H19ClN4O3/c1-11-5-6-12(17(25)26-2)9-14(11)21-16(24)15-13(19)10-20-18(22-15)23-7-3-4-8-23/h5-6,9-10H,3-4,7-8H2,1-2H3,(H,21,24). The second-order valence-electron chi connectivity index (χ2n) is 6.04. The first-order valence-corrected chi connectivity index (χ1v) is 8.65. The van der Waals surface area contributed by atoms with Crippen LogP contribution in [-0.4, -0.2) is 42.0 Å². The van der Waals surface area contributed by atoms with Crippen molar-refractivity contribution in [3.05, 3.63) is 46.2 Å². The number of benzene rings is 1. The van der Waals surface area contributed by atoms with Gasteiger partial charge in [0.1, 0.15) is 0 Å². The molecule has 1 saturated heterocycles. The largest absolute Gasteiger partial charge is 0.465 e. The maximum atomic E-state index is 12.7. The first-order chi connectivity index (χ1) is 12.5. The van der Waals surface area contributed by atoms with Gasteiger partial charge in [-0.1, -0.05) is 17.7 Å². The van der Waals surface area contributed by atoms with Crippen molar-refractivity contribution >= 4 is 35.1 Å². The predicted octanol–water partition coefficient (Wildman–Crippen LogP) is 3.08. The molecule has 0 aliphatic carbocycles. The van der Waals surface area contributed by atoms with Gasteiger partial charge in [-0.05, 0) is 37.5 Å². The predicted molar refractivity (Wildman–Crippen MR) is 99.0 cm³/mol. The Morgan fingerprint density at radius 2 is 2.00 bits per heavy atom. The lowest BCUT2D eigenvalue weighted by molar-refractivity contribution is 0.0600. The number of ether oxygens (including phenoxy) is 1. The van der Waals surface area contributed by atoms with Gasteiger partial charge in [0, 0.05) is 18.8 Å². The van der Waals surface area contributed by atoms with E-state index in [-0.39, 0.29) is 10.7 Å². The van der Waals surface area contributed by atoms with E-state index in [0.29, 0.717) is 17.2 Å². The summed E-state index contributed by atoms with van der Waals surface area (Å²) in [6.07, 6.45) is 3.59. The third kappa shape index (κ3) is 3.77. The number of nitrogens with zero attached hydrogens (tertiary/aromatic N) is 3. The Hall–Kier alpha value is -2.67. The Bertz CT molecular complexity index is 850. The highest BCUT2D eigenvalue weighted by molar-refractivity contribution is 6.34. The first kappa shape index (κ1) is 18.1.